The molecule has 1 heterocycles. The summed E-state index contributed by atoms with van der Waals surface area (Å²) in [5.74, 6) is 0.238. The van der Waals surface area contributed by atoms with E-state index >= 15 is 0 Å². The van der Waals surface area contributed by atoms with Crippen LogP contribution in [-0.4, -0.2) is 10.2 Å². The first-order chi connectivity index (χ1) is 8.59. The van der Waals surface area contributed by atoms with Crippen LogP contribution in [0.15, 0.2) is 35.7 Å². The second-order valence-corrected chi connectivity index (χ2v) is 5.31. The van der Waals surface area contributed by atoms with E-state index in [0.29, 0.717) is 5.56 Å². The summed E-state index contributed by atoms with van der Waals surface area (Å²) in [7, 11) is 0. The molecule has 3 nitrogen and oxygen atoms in total. The highest BCUT2D eigenvalue weighted by Crippen LogP contribution is 2.33. The third kappa shape index (κ3) is 2.66. The van der Waals surface area contributed by atoms with Crippen molar-refractivity contribution in [1.29, 1.82) is 0 Å². The van der Waals surface area contributed by atoms with Crippen LogP contribution in [0.4, 0.5) is 0 Å². The maximum Gasteiger partial charge on any atom is 0.124 e. The molecule has 2 unspecified atom stereocenters. The van der Waals surface area contributed by atoms with Crippen molar-refractivity contribution in [1.82, 2.24) is 5.32 Å². The lowest BCUT2D eigenvalue weighted by molar-refractivity contribution is 0.408. The summed E-state index contributed by atoms with van der Waals surface area (Å²) in [6.07, 6.45) is 0. The smallest absolute Gasteiger partial charge is 0.124 e. The molecule has 2 rings (SSSR count). The number of phenolic OH excluding ortho intramolecular Hbond substituents is 2. The monoisotopic (exact) mass is 263 g/mol. The Labute approximate surface area is 111 Å². The zero-order valence-corrected chi connectivity index (χ0v) is 11.2. The summed E-state index contributed by atoms with van der Waals surface area (Å²) in [5, 5.41) is 25.0. The van der Waals surface area contributed by atoms with E-state index in [4.69, 9.17) is 0 Å². The van der Waals surface area contributed by atoms with Crippen LogP contribution in [0.5, 0.6) is 11.5 Å². The van der Waals surface area contributed by atoms with E-state index in [1.165, 1.54) is 4.88 Å². The van der Waals surface area contributed by atoms with Crippen LogP contribution in [0.3, 0.4) is 0 Å². The summed E-state index contributed by atoms with van der Waals surface area (Å²) in [6.45, 7) is 4.00. The number of nitrogens with one attached hydrogen (secondary N) is 1. The molecule has 2 aromatic rings. The summed E-state index contributed by atoms with van der Waals surface area (Å²) in [4.78, 5) is 1.23. The summed E-state index contributed by atoms with van der Waals surface area (Å²) in [5.41, 5.74) is 0.543. The minimum atomic E-state index is -0.122. The predicted octanol–water partition coefficient (Wildman–Crippen LogP) is 3.57. The molecule has 1 aromatic carbocycles. The molecule has 0 fully saturated rings. The molecule has 0 saturated heterocycles. The maximum atomic E-state index is 9.81. The van der Waals surface area contributed by atoms with E-state index in [1.807, 2.05) is 18.4 Å². The molecule has 0 bridgehead atoms. The number of hydrogen-bond donors (Lipinski definition) is 3. The number of phenols is 2. The van der Waals surface area contributed by atoms with Crippen molar-refractivity contribution >= 4 is 11.3 Å². The Hall–Kier alpha value is -1.52. The summed E-state index contributed by atoms with van der Waals surface area (Å²) < 4.78 is 0. The van der Waals surface area contributed by atoms with Crippen molar-refractivity contribution in [2.75, 3.05) is 0 Å². The van der Waals surface area contributed by atoms with Gasteiger partial charge in [-0.2, -0.15) is 0 Å². The lowest BCUT2D eigenvalue weighted by atomic mass is 10.0. The average molecular weight is 263 g/mol. The van der Waals surface area contributed by atoms with Crippen LogP contribution in [0.1, 0.15) is 36.4 Å². The molecule has 2 atom stereocenters. The van der Waals surface area contributed by atoms with E-state index in [1.54, 1.807) is 29.5 Å². The zero-order valence-electron chi connectivity index (χ0n) is 10.4. The Kier molecular flexibility index (Phi) is 3.89. The molecule has 96 valence electrons. The first-order valence-corrected chi connectivity index (χ1v) is 6.78. The van der Waals surface area contributed by atoms with Gasteiger partial charge in [-0.3, -0.25) is 0 Å². The van der Waals surface area contributed by atoms with Gasteiger partial charge in [-0.15, -0.1) is 11.3 Å². The minimum Gasteiger partial charge on any atom is -0.507 e. The van der Waals surface area contributed by atoms with Crippen LogP contribution < -0.4 is 5.32 Å². The molecule has 0 radical (unpaired) electrons. The Balaban J connectivity index is 2.15. The quantitative estimate of drug-likeness (QED) is 0.790. The molecule has 0 aliphatic carbocycles. The normalized spacial score (nSPS) is 14.3. The fraction of sp³-hybridized carbons (Fsp3) is 0.286. The predicted molar refractivity (Wildman–Crippen MR) is 74.1 cm³/mol. The Morgan fingerprint density at radius 1 is 1.00 bits per heavy atom. The Morgan fingerprint density at radius 3 is 2.22 bits per heavy atom. The molecule has 0 saturated carbocycles. The summed E-state index contributed by atoms with van der Waals surface area (Å²) in [6, 6.07) is 8.94. The van der Waals surface area contributed by atoms with Gasteiger partial charge in [0.25, 0.3) is 0 Å². The molecule has 1 aromatic heterocycles. The maximum absolute atomic E-state index is 9.81. The second-order valence-electron chi connectivity index (χ2n) is 4.34. The number of aromatic hydroxyl groups is 2. The van der Waals surface area contributed by atoms with Crippen molar-refractivity contribution in [3.63, 3.8) is 0 Å². The summed E-state index contributed by atoms with van der Waals surface area (Å²) >= 11 is 1.69. The van der Waals surface area contributed by atoms with E-state index in [9.17, 15) is 10.2 Å². The van der Waals surface area contributed by atoms with Crippen LogP contribution in [0, 0.1) is 0 Å². The largest absolute Gasteiger partial charge is 0.507 e. The van der Waals surface area contributed by atoms with Crippen molar-refractivity contribution in [3.8, 4) is 11.5 Å². The van der Waals surface area contributed by atoms with Gasteiger partial charge in [0, 0.05) is 17.0 Å². The molecule has 0 aliphatic rings. The fourth-order valence-corrected chi connectivity index (χ4v) is 2.81. The lowest BCUT2D eigenvalue weighted by Crippen LogP contribution is -2.21. The van der Waals surface area contributed by atoms with Crippen LogP contribution in [-0.2, 0) is 0 Å². The van der Waals surface area contributed by atoms with E-state index < -0.39 is 0 Å². The van der Waals surface area contributed by atoms with Crippen molar-refractivity contribution in [2.45, 2.75) is 25.9 Å². The first kappa shape index (κ1) is 12.9. The highest BCUT2D eigenvalue weighted by Gasteiger charge is 2.17. The molecule has 4 heteroatoms. The molecule has 0 amide bonds. The van der Waals surface area contributed by atoms with Crippen molar-refractivity contribution in [3.05, 3.63) is 46.2 Å². The van der Waals surface area contributed by atoms with Gasteiger partial charge in [-0.25, -0.2) is 0 Å². The number of rotatable bonds is 4. The highest BCUT2D eigenvalue weighted by molar-refractivity contribution is 7.10. The molecule has 3 N–H and O–H groups in total. The lowest BCUT2D eigenvalue weighted by Gasteiger charge is -2.21. The minimum absolute atomic E-state index is 0.119. The van der Waals surface area contributed by atoms with Crippen LogP contribution >= 0.6 is 11.3 Å². The molecular weight excluding hydrogens is 246 g/mol. The molecule has 18 heavy (non-hydrogen) atoms. The number of benzene rings is 1. The Morgan fingerprint density at radius 2 is 1.67 bits per heavy atom. The van der Waals surface area contributed by atoms with E-state index in [-0.39, 0.29) is 23.6 Å². The Bertz CT molecular complexity index is 490. The standard InChI is InChI=1S/C14H17NO2S/c1-9(13-7-4-8-18-13)15-10(2)14-11(16)5-3-6-12(14)17/h3-10,15-17H,1-2H3. The second kappa shape index (κ2) is 5.42. The van der Waals surface area contributed by atoms with E-state index in [0.717, 1.165) is 0 Å². The third-order valence-corrected chi connectivity index (χ3v) is 4.02. The third-order valence-electron chi connectivity index (χ3n) is 2.96. The van der Waals surface area contributed by atoms with Crippen LogP contribution in [0.2, 0.25) is 0 Å². The zero-order chi connectivity index (χ0) is 13.1. The fourth-order valence-electron chi connectivity index (χ4n) is 2.06. The average Bonchev–Trinajstić information content (AvgIpc) is 2.81. The molecule has 0 aliphatic heterocycles. The van der Waals surface area contributed by atoms with Gasteiger partial charge in [-0.05, 0) is 37.4 Å². The van der Waals surface area contributed by atoms with Gasteiger partial charge in [0.15, 0.2) is 0 Å². The number of hydrogen-bond acceptors (Lipinski definition) is 4. The van der Waals surface area contributed by atoms with Gasteiger partial charge in [0.2, 0.25) is 0 Å². The molecule has 0 spiro atoms. The van der Waals surface area contributed by atoms with Gasteiger partial charge < -0.3 is 15.5 Å². The SMILES string of the molecule is CC(NC(C)c1c(O)cccc1O)c1cccs1. The van der Waals surface area contributed by atoms with Gasteiger partial charge >= 0.3 is 0 Å². The van der Waals surface area contributed by atoms with Gasteiger partial charge in [0.05, 0.1) is 5.56 Å². The van der Waals surface area contributed by atoms with Gasteiger partial charge in [0.1, 0.15) is 11.5 Å². The topological polar surface area (TPSA) is 52.5 Å². The molecular formula is C14H17NO2S. The van der Waals surface area contributed by atoms with Crippen LogP contribution in [0.25, 0.3) is 0 Å². The first-order valence-electron chi connectivity index (χ1n) is 5.90. The van der Waals surface area contributed by atoms with Gasteiger partial charge in [-0.1, -0.05) is 12.1 Å². The van der Waals surface area contributed by atoms with E-state index in [2.05, 4.69) is 18.3 Å². The van der Waals surface area contributed by atoms with Crippen molar-refractivity contribution in [2.24, 2.45) is 0 Å². The van der Waals surface area contributed by atoms with Crippen molar-refractivity contribution < 1.29 is 10.2 Å². The highest BCUT2D eigenvalue weighted by atomic mass is 32.1. The number of thiophene rings is 1.